The molecule has 6 nitrogen and oxygen atoms in total. The Bertz CT molecular complexity index is 678. The second kappa shape index (κ2) is 7.95. The van der Waals surface area contributed by atoms with E-state index in [1.165, 1.54) is 19.3 Å². The number of aromatic nitrogens is 2. The summed E-state index contributed by atoms with van der Waals surface area (Å²) in [4.78, 5) is 16.8. The van der Waals surface area contributed by atoms with Crippen LogP contribution >= 0.6 is 0 Å². The van der Waals surface area contributed by atoms with Crippen LogP contribution < -0.4 is 10.1 Å². The van der Waals surface area contributed by atoms with Crippen LogP contribution in [0.2, 0.25) is 0 Å². The molecule has 0 spiro atoms. The first-order valence-corrected chi connectivity index (χ1v) is 8.60. The Morgan fingerprint density at radius 2 is 2.08 bits per heavy atom. The lowest BCUT2D eigenvalue weighted by Gasteiger charge is -2.17. The van der Waals surface area contributed by atoms with Crippen molar-refractivity contribution in [3.8, 4) is 5.75 Å². The number of hydrogen-bond donors (Lipinski definition) is 1. The first-order chi connectivity index (χ1) is 11.8. The average molecular weight is 329 g/mol. The van der Waals surface area contributed by atoms with Crippen molar-refractivity contribution in [2.75, 3.05) is 6.61 Å². The Hall–Kier alpha value is -2.37. The first-order valence-electron chi connectivity index (χ1n) is 8.60. The highest BCUT2D eigenvalue weighted by molar-refractivity contribution is 5.96. The number of amides is 1. The third kappa shape index (κ3) is 3.93. The second-order valence-electron chi connectivity index (χ2n) is 6.00. The highest BCUT2D eigenvalue weighted by atomic mass is 16.5. The Morgan fingerprint density at radius 3 is 2.88 bits per heavy atom. The van der Waals surface area contributed by atoms with E-state index in [-0.39, 0.29) is 12.5 Å². The van der Waals surface area contributed by atoms with Gasteiger partial charge in [0.05, 0.1) is 18.7 Å². The number of hydrogen-bond acceptors (Lipinski definition) is 5. The van der Waals surface area contributed by atoms with Gasteiger partial charge in [-0.2, -0.15) is 4.98 Å². The van der Waals surface area contributed by atoms with E-state index in [4.69, 9.17) is 9.26 Å². The molecule has 3 rings (SSSR count). The molecule has 128 valence electrons. The molecule has 1 fully saturated rings. The summed E-state index contributed by atoms with van der Waals surface area (Å²) in [5.74, 6) is 1.96. The molecule has 0 radical (unpaired) electrons. The van der Waals surface area contributed by atoms with Crippen LogP contribution in [0.4, 0.5) is 0 Å². The van der Waals surface area contributed by atoms with Crippen LogP contribution in [0.5, 0.6) is 5.75 Å². The second-order valence-corrected chi connectivity index (χ2v) is 6.00. The van der Waals surface area contributed by atoms with Crippen LogP contribution in [-0.4, -0.2) is 22.7 Å². The zero-order chi connectivity index (χ0) is 16.8. The number of para-hydroxylation sites is 1. The van der Waals surface area contributed by atoms with E-state index in [0.29, 0.717) is 35.6 Å². The molecule has 0 bridgehead atoms. The predicted octanol–water partition coefficient (Wildman–Crippen LogP) is 3.45. The molecular formula is C18H23N3O3. The molecule has 0 aliphatic heterocycles. The van der Waals surface area contributed by atoms with Gasteiger partial charge in [-0.15, -0.1) is 0 Å². The predicted molar refractivity (Wildman–Crippen MR) is 88.9 cm³/mol. The zero-order valence-electron chi connectivity index (χ0n) is 14.0. The summed E-state index contributed by atoms with van der Waals surface area (Å²) in [5, 5.41) is 6.81. The summed E-state index contributed by atoms with van der Waals surface area (Å²) in [6.07, 6.45) is 5.93. The van der Waals surface area contributed by atoms with Crippen molar-refractivity contribution in [1.29, 1.82) is 0 Å². The van der Waals surface area contributed by atoms with Crippen molar-refractivity contribution in [1.82, 2.24) is 15.5 Å². The number of ether oxygens (including phenoxy) is 1. The van der Waals surface area contributed by atoms with Crippen molar-refractivity contribution in [2.45, 2.75) is 51.5 Å². The minimum atomic E-state index is -0.205. The molecule has 1 aliphatic carbocycles. The number of nitrogens with one attached hydrogen (secondary N) is 1. The molecule has 0 saturated heterocycles. The largest absolute Gasteiger partial charge is 0.493 e. The lowest BCUT2D eigenvalue weighted by atomic mass is 9.89. The summed E-state index contributed by atoms with van der Waals surface area (Å²) in [5.41, 5.74) is 0.510. The highest BCUT2D eigenvalue weighted by Gasteiger charge is 2.21. The normalized spacial score (nSPS) is 15.2. The van der Waals surface area contributed by atoms with Gasteiger partial charge < -0.3 is 14.6 Å². The average Bonchev–Trinajstić information content (AvgIpc) is 3.10. The van der Waals surface area contributed by atoms with E-state index in [0.717, 1.165) is 12.8 Å². The van der Waals surface area contributed by atoms with Gasteiger partial charge in [-0.3, -0.25) is 4.79 Å². The van der Waals surface area contributed by atoms with Crippen LogP contribution in [0.3, 0.4) is 0 Å². The molecule has 1 aromatic heterocycles. The molecule has 0 unspecified atom stereocenters. The monoisotopic (exact) mass is 329 g/mol. The van der Waals surface area contributed by atoms with Crippen LogP contribution in [0.15, 0.2) is 28.8 Å². The fourth-order valence-corrected chi connectivity index (χ4v) is 3.04. The fraction of sp³-hybridized carbons (Fsp3) is 0.500. The molecule has 1 amide bonds. The molecule has 24 heavy (non-hydrogen) atoms. The minimum Gasteiger partial charge on any atom is -0.493 e. The maximum atomic E-state index is 12.3. The number of carbonyl (C=O) groups is 1. The molecule has 2 aromatic rings. The molecule has 1 aliphatic rings. The Morgan fingerprint density at radius 1 is 1.29 bits per heavy atom. The van der Waals surface area contributed by atoms with Crippen molar-refractivity contribution in [3.05, 3.63) is 41.5 Å². The maximum absolute atomic E-state index is 12.3. The van der Waals surface area contributed by atoms with Crippen LogP contribution in [0, 0.1) is 0 Å². The van der Waals surface area contributed by atoms with Gasteiger partial charge in [0.1, 0.15) is 5.75 Å². The molecule has 1 N–H and O–H groups in total. The van der Waals surface area contributed by atoms with Gasteiger partial charge in [0, 0.05) is 5.92 Å². The van der Waals surface area contributed by atoms with Crippen molar-refractivity contribution >= 4 is 5.91 Å². The van der Waals surface area contributed by atoms with E-state index in [1.54, 1.807) is 12.1 Å². The third-order valence-electron chi connectivity index (χ3n) is 4.28. The van der Waals surface area contributed by atoms with Crippen molar-refractivity contribution in [2.24, 2.45) is 0 Å². The highest BCUT2D eigenvalue weighted by Crippen LogP contribution is 2.31. The lowest BCUT2D eigenvalue weighted by molar-refractivity contribution is 0.0946. The Labute approximate surface area is 141 Å². The Balaban J connectivity index is 1.59. The van der Waals surface area contributed by atoms with E-state index < -0.39 is 0 Å². The summed E-state index contributed by atoms with van der Waals surface area (Å²) in [6, 6.07) is 7.18. The van der Waals surface area contributed by atoms with Gasteiger partial charge in [0.2, 0.25) is 5.89 Å². The summed E-state index contributed by atoms with van der Waals surface area (Å²) in [7, 11) is 0. The summed E-state index contributed by atoms with van der Waals surface area (Å²) in [6.45, 7) is 2.65. The molecule has 1 heterocycles. The van der Waals surface area contributed by atoms with Gasteiger partial charge in [0.15, 0.2) is 5.82 Å². The SMILES string of the molecule is CCOc1ccccc1C(=O)NCc1noc(C2CCCCC2)n1. The number of carbonyl (C=O) groups excluding carboxylic acids is 1. The van der Waals surface area contributed by atoms with E-state index in [2.05, 4.69) is 15.5 Å². The lowest BCUT2D eigenvalue weighted by Crippen LogP contribution is -2.24. The minimum absolute atomic E-state index is 0.205. The molecule has 6 heteroatoms. The quantitative estimate of drug-likeness (QED) is 0.878. The zero-order valence-corrected chi connectivity index (χ0v) is 14.0. The van der Waals surface area contributed by atoms with Gasteiger partial charge in [-0.25, -0.2) is 0 Å². The summed E-state index contributed by atoms with van der Waals surface area (Å²) < 4.78 is 10.9. The number of rotatable bonds is 6. The Kier molecular flexibility index (Phi) is 5.46. The number of benzene rings is 1. The van der Waals surface area contributed by atoms with Crippen molar-refractivity contribution < 1.29 is 14.1 Å². The molecule has 1 aromatic carbocycles. The molecular weight excluding hydrogens is 306 g/mol. The molecule has 1 saturated carbocycles. The van der Waals surface area contributed by atoms with Gasteiger partial charge in [0.25, 0.3) is 5.91 Å². The van der Waals surface area contributed by atoms with Gasteiger partial charge in [-0.1, -0.05) is 36.6 Å². The van der Waals surface area contributed by atoms with Gasteiger partial charge >= 0.3 is 0 Å². The first kappa shape index (κ1) is 16.5. The maximum Gasteiger partial charge on any atom is 0.255 e. The van der Waals surface area contributed by atoms with Crippen molar-refractivity contribution in [3.63, 3.8) is 0 Å². The number of nitrogens with zero attached hydrogens (tertiary/aromatic N) is 2. The third-order valence-corrected chi connectivity index (χ3v) is 4.28. The summed E-state index contributed by atoms with van der Waals surface area (Å²) >= 11 is 0. The van der Waals surface area contributed by atoms with E-state index in [1.807, 2.05) is 19.1 Å². The van der Waals surface area contributed by atoms with Crippen LogP contribution in [0.1, 0.15) is 67.0 Å². The van der Waals surface area contributed by atoms with Gasteiger partial charge in [-0.05, 0) is 31.9 Å². The fourth-order valence-electron chi connectivity index (χ4n) is 3.04. The molecule has 0 atom stereocenters. The standard InChI is InChI=1S/C18H23N3O3/c1-2-23-15-11-7-6-10-14(15)17(22)19-12-16-20-18(24-21-16)13-8-4-3-5-9-13/h6-7,10-11,13H,2-5,8-9,12H2,1H3,(H,19,22). The van der Waals surface area contributed by atoms with Crippen LogP contribution in [0.25, 0.3) is 0 Å². The van der Waals surface area contributed by atoms with E-state index >= 15 is 0 Å². The topological polar surface area (TPSA) is 77.2 Å². The smallest absolute Gasteiger partial charge is 0.255 e. The van der Waals surface area contributed by atoms with E-state index in [9.17, 15) is 4.79 Å². The van der Waals surface area contributed by atoms with Crippen LogP contribution in [-0.2, 0) is 6.54 Å².